The van der Waals surface area contributed by atoms with Crippen LogP contribution in [0.5, 0.6) is 5.88 Å². The van der Waals surface area contributed by atoms with Crippen molar-refractivity contribution in [2.45, 2.75) is 13.3 Å². The zero-order valence-electron chi connectivity index (χ0n) is 19.0. The maximum absolute atomic E-state index is 13.1. The molecule has 0 amide bonds. The number of imidazole rings is 1. The van der Waals surface area contributed by atoms with Crippen LogP contribution in [0.25, 0.3) is 16.6 Å². The van der Waals surface area contributed by atoms with Gasteiger partial charge in [-0.3, -0.25) is 4.79 Å². The fourth-order valence-corrected chi connectivity index (χ4v) is 4.38. The summed E-state index contributed by atoms with van der Waals surface area (Å²) < 4.78 is 9.11. The lowest BCUT2D eigenvalue weighted by atomic mass is 9.98. The van der Waals surface area contributed by atoms with E-state index in [9.17, 15) is 4.79 Å². The molecular weight excluding hydrogens is 450 g/mol. The highest BCUT2D eigenvalue weighted by molar-refractivity contribution is 6.36. The molecule has 3 heterocycles. The zero-order valence-corrected chi connectivity index (χ0v) is 19.7. The number of ether oxygens (including phenoxy) is 1. The molecule has 3 aromatic heterocycles. The normalized spacial score (nSPS) is 11.2. The largest absolute Gasteiger partial charge is 0.481 e. The van der Waals surface area contributed by atoms with Gasteiger partial charge in [-0.1, -0.05) is 23.7 Å². The van der Waals surface area contributed by atoms with Crippen LogP contribution in [-0.4, -0.2) is 37.2 Å². The van der Waals surface area contributed by atoms with Crippen LogP contribution in [0.4, 0.5) is 0 Å². The molecule has 0 aliphatic rings. The van der Waals surface area contributed by atoms with Gasteiger partial charge >= 0.3 is 0 Å². The number of fused-ring (bicyclic) bond motifs is 1. The van der Waals surface area contributed by atoms with Crippen molar-refractivity contribution >= 4 is 28.3 Å². The average Bonchev–Trinajstić information content (AvgIpc) is 3.53. The molecule has 0 atom stereocenters. The van der Waals surface area contributed by atoms with Crippen molar-refractivity contribution in [1.82, 2.24) is 24.3 Å². The minimum Gasteiger partial charge on any atom is -0.481 e. The molecule has 0 bridgehead atoms. The number of pyridine rings is 1. The average molecular weight is 472 g/mol. The molecular formula is C26H22ClN5O2. The van der Waals surface area contributed by atoms with E-state index in [1.54, 1.807) is 48.2 Å². The first-order valence-electron chi connectivity index (χ1n) is 10.7. The van der Waals surface area contributed by atoms with Crippen LogP contribution in [0.3, 0.4) is 0 Å². The van der Waals surface area contributed by atoms with Gasteiger partial charge in [0.2, 0.25) is 11.7 Å². The smallest absolute Gasteiger partial charge is 0.218 e. The highest BCUT2D eigenvalue weighted by Gasteiger charge is 2.20. The molecule has 0 saturated carbocycles. The molecule has 0 fully saturated rings. The molecule has 0 aliphatic carbocycles. The lowest BCUT2D eigenvalue weighted by molar-refractivity contribution is 0.103. The van der Waals surface area contributed by atoms with Gasteiger partial charge in [-0.2, -0.15) is 5.10 Å². The monoisotopic (exact) mass is 471 g/mol. The van der Waals surface area contributed by atoms with E-state index in [2.05, 4.69) is 10.1 Å². The molecule has 0 unspecified atom stereocenters. The van der Waals surface area contributed by atoms with Gasteiger partial charge in [0.05, 0.1) is 35.9 Å². The summed E-state index contributed by atoms with van der Waals surface area (Å²) in [5, 5.41) is 5.51. The lowest BCUT2D eigenvalue weighted by Crippen LogP contribution is -2.08. The Kier molecular flexibility index (Phi) is 5.63. The first-order valence-corrected chi connectivity index (χ1v) is 11.1. The van der Waals surface area contributed by atoms with Crippen molar-refractivity contribution in [2.24, 2.45) is 7.05 Å². The molecule has 0 radical (unpaired) electrons. The Hall–Kier alpha value is -3.97. The van der Waals surface area contributed by atoms with Crippen molar-refractivity contribution in [1.29, 1.82) is 0 Å². The number of halogens is 1. The Morgan fingerprint density at radius 3 is 2.62 bits per heavy atom. The van der Waals surface area contributed by atoms with E-state index < -0.39 is 0 Å². The molecule has 5 rings (SSSR count). The third kappa shape index (κ3) is 3.84. The molecule has 0 saturated heterocycles. The minimum atomic E-state index is -0.118. The van der Waals surface area contributed by atoms with Gasteiger partial charge < -0.3 is 9.30 Å². The van der Waals surface area contributed by atoms with Gasteiger partial charge in [-0.05, 0) is 48.4 Å². The predicted molar refractivity (Wildman–Crippen MR) is 131 cm³/mol. The van der Waals surface area contributed by atoms with Crippen LogP contribution < -0.4 is 4.74 Å². The van der Waals surface area contributed by atoms with Crippen molar-refractivity contribution in [3.05, 3.63) is 100 Å². The third-order valence-corrected chi connectivity index (χ3v) is 6.30. The summed E-state index contributed by atoms with van der Waals surface area (Å²) in [4.78, 5) is 21.9. The molecule has 34 heavy (non-hydrogen) atoms. The number of hydrogen-bond acceptors (Lipinski definition) is 5. The van der Waals surface area contributed by atoms with E-state index in [0.29, 0.717) is 34.1 Å². The number of aryl methyl sites for hydroxylation is 2. The number of carbonyl (C=O) groups is 1. The van der Waals surface area contributed by atoms with E-state index in [4.69, 9.17) is 21.3 Å². The van der Waals surface area contributed by atoms with Crippen LogP contribution in [0.15, 0.2) is 67.4 Å². The second kappa shape index (κ2) is 8.76. The van der Waals surface area contributed by atoms with Crippen molar-refractivity contribution in [3.8, 4) is 11.6 Å². The molecule has 7 nitrogen and oxygen atoms in total. The third-order valence-electron chi connectivity index (χ3n) is 5.86. The highest BCUT2D eigenvalue weighted by atomic mass is 35.5. The Morgan fingerprint density at radius 2 is 1.97 bits per heavy atom. The van der Waals surface area contributed by atoms with E-state index in [0.717, 1.165) is 27.8 Å². The number of methoxy groups -OCH3 is 1. The van der Waals surface area contributed by atoms with Gasteiger partial charge in [-0.25, -0.2) is 14.6 Å². The fraction of sp³-hybridized carbons (Fsp3) is 0.154. The van der Waals surface area contributed by atoms with Gasteiger partial charge in [0.25, 0.3) is 0 Å². The molecule has 2 aromatic carbocycles. The zero-order chi connectivity index (χ0) is 23.8. The summed E-state index contributed by atoms with van der Waals surface area (Å²) in [7, 11) is 3.38. The second-order valence-corrected chi connectivity index (χ2v) is 8.49. The standard InChI is InChI=1S/C26H22ClN5O2/c1-16-11-18(25(33)22-14-28-15-31(22)2)13-20-23(27)21(26(34-3)30-24(16)20)12-17-5-7-19(8-6-17)32-10-4-9-29-32/h4-11,13-15H,12H2,1-3H3. The Morgan fingerprint density at radius 1 is 1.18 bits per heavy atom. The number of benzene rings is 2. The van der Waals surface area contributed by atoms with Gasteiger partial charge in [0.15, 0.2) is 0 Å². The molecule has 5 aromatic rings. The van der Waals surface area contributed by atoms with Crippen molar-refractivity contribution in [3.63, 3.8) is 0 Å². The number of rotatable bonds is 6. The van der Waals surface area contributed by atoms with E-state index in [-0.39, 0.29) is 5.78 Å². The molecule has 0 aliphatic heterocycles. The van der Waals surface area contributed by atoms with Crippen LogP contribution in [0.1, 0.15) is 32.7 Å². The SMILES string of the molecule is COc1nc2c(C)cc(C(=O)c3cncn3C)cc2c(Cl)c1Cc1ccc(-n2cccn2)cc1. The van der Waals surface area contributed by atoms with Crippen molar-refractivity contribution < 1.29 is 9.53 Å². The highest BCUT2D eigenvalue weighted by Crippen LogP contribution is 2.36. The summed E-state index contributed by atoms with van der Waals surface area (Å²) in [5.41, 5.74) is 5.40. The summed E-state index contributed by atoms with van der Waals surface area (Å²) in [5.74, 6) is 0.357. The number of ketones is 1. The maximum Gasteiger partial charge on any atom is 0.218 e. The van der Waals surface area contributed by atoms with Crippen LogP contribution >= 0.6 is 11.6 Å². The summed E-state index contributed by atoms with van der Waals surface area (Å²) in [6.07, 6.45) is 7.34. The lowest BCUT2D eigenvalue weighted by Gasteiger charge is -2.15. The van der Waals surface area contributed by atoms with Gasteiger partial charge in [0.1, 0.15) is 5.69 Å². The molecule has 170 valence electrons. The van der Waals surface area contributed by atoms with Crippen LogP contribution in [-0.2, 0) is 13.5 Å². The summed E-state index contributed by atoms with van der Waals surface area (Å²) >= 11 is 6.93. The van der Waals surface area contributed by atoms with E-state index in [1.807, 2.05) is 49.5 Å². The maximum atomic E-state index is 13.1. The van der Waals surface area contributed by atoms with Crippen molar-refractivity contribution in [2.75, 3.05) is 7.11 Å². The molecule has 8 heteroatoms. The number of nitrogens with zero attached hydrogens (tertiary/aromatic N) is 5. The van der Waals surface area contributed by atoms with Crippen LogP contribution in [0, 0.1) is 6.92 Å². The van der Waals surface area contributed by atoms with Gasteiger partial charge in [0, 0.05) is 42.4 Å². The molecule has 0 spiro atoms. The van der Waals surface area contributed by atoms with Crippen LogP contribution in [0.2, 0.25) is 5.02 Å². The minimum absolute atomic E-state index is 0.118. The van der Waals surface area contributed by atoms with E-state index in [1.165, 1.54) is 0 Å². The Bertz CT molecular complexity index is 1510. The summed E-state index contributed by atoms with van der Waals surface area (Å²) in [6.45, 7) is 1.92. The Labute approximate surface area is 201 Å². The summed E-state index contributed by atoms with van der Waals surface area (Å²) in [6, 6.07) is 13.6. The van der Waals surface area contributed by atoms with E-state index >= 15 is 0 Å². The second-order valence-electron chi connectivity index (χ2n) is 8.12. The molecule has 0 N–H and O–H groups in total. The predicted octanol–water partition coefficient (Wildman–Crippen LogP) is 4.95. The van der Waals surface area contributed by atoms with Gasteiger partial charge in [-0.15, -0.1) is 0 Å². The quantitative estimate of drug-likeness (QED) is 0.328. The number of aromatic nitrogens is 5. The first kappa shape index (κ1) is 21.9. The fourth-order valence-electron chi connectivity index (χ4n) is 4.09. The number of carbonyl (C=O) groups excluding carboxylic acids is 1. The first-order chi connectivity index (χ1) is 16.5. The Balaban J connectivity index is 1.57. The number of hydrogen-bond donors (Lipinski definition) is 0. The topological polar surface area (TPSA) is 74.8 Å².